The molecule has 1 aromatic carbocycles. The van der Waals surface area contributed by atoms with Crippen molar-refractivity contribution in [2.45, 2.75) is 32.2 Å². The number of hydrogen-bond acceptors (Lipinski definition) is 3. The Hall–Kier alpha value is -1.76. The Kier molecular flexibility index (Phi) is 6.30. The molecule has 0 saturated carbocycles. The molecule has 7 heteroatoms. The molecule has 4 nitrogen and oxygen atoms in total. The van der Waals surface area contributed by atoms with Gasteiger partial charge in [-0.2, -0.15) is 0 Å². The SMILES string of the molecule is NC(=O)CCCCNCc1cccc(OC(F)(F)F)c1. The summed E-state index contributed by atoms with van der Waals surface area (Å²) < 4.78 is 40.0. The van der Waals surface area contributed by atoms with E-state index in [1.54, 1.807) is 6.07 Å². The minimum atomic E-state index is -4.68. The molecule has 0 aliphatic rings. The maximum absolute atomic E-state index is 12.1. The number of nitrogens with two attached hydrogens (primary N) is 1. The number of ether oxygens (including phenoxy) is 1. The van der Waals surface area contributed by atoms with Crippen LogP contribution >= 0.6 is 0 Å². The number of alkyl halides is 3. The molecule has 0 unspecified atom stereocenters. The van der Waals surface area contributed by atoms with E-state index in [1.807, 2.05) is 0 Å². The van der Waals surface area contributed by atoms with E-state index < -0.39 is 6.36 Å². The number of nitrogens with one attached hydrogen (secondary N) is 1. The van der Waals surface area contributed by atoms with Crippen LogP contribution in [0.2, 0.25) is 0 Å². The third-order valence-corrected chi connectivity index (χ3v) is 2.49. The number of amides is 1. The van der Waals surface area contributed by atoms with Crippen LogP contribution in [0.1, 0.15) is 24.8 Å². The van der Waals surface area contributed by atoms with E-state index in [0.717, 1.165) is 6.42 Å². The molecule has 0 fully saturated rings. The van der Waals surface area contributed by atoms with E-state index in [-0.39, 0.29) is 11.7 Å². The van der Waals surface area contributed by atoms with Gasteiger partial charge in [0.2, 0.25) is 5.91 Å². The molecule has 20 heavy (non-hydrogen) atoms. The third-order valence-electron chi connectivity index (χ3n) is 2.49. The van der Waals surface area contributed by atoms with Crippen LogP contribution in [0, 0.1) is 0 Å². The second kappa shape index (κ2) is 7.74. The van der Waals surface area contributed by atoms with Gasteiger partial charge in [-0.3, -0.25) is 4.79 Å². The molecule has 0 aromatic heterocycles. The van der Waals surface area contributed by atoms with Crippen LogP contribution in [0.25, 0.3) is 0 Å². The van der Waals surface area contributed by atoms with Crippen molar-refractivity contribution >= 4 is 5.91 Å². The fourth-order valence-corrected chi connectivity index (χ4v) is 1.63. The summed E-state index contributed by atoms with van der Waals surface area (Å²) in [5.74, 6) is -0.562. The standard InChI is InChI=1S/C13H17F3N2O2/c14-13(15,16)20-11-5-3-4-10(8-11)9-18-7-2-1-6-12(17)19/h3-5,8,18H,1-2,6-7,9H2,(H2,17,19). The highest BCUT2D eigenvalue weighted by Crippen LogP contribution is 2.23. The van der Waals surface area contributed by atoms with E-state index in [9.17, 15) is 18.0 Å². The molecule has 0 saturated heterocycles. The molecule has 0 bridgehead atoms. The lowest BCUT2D eigenvalue weighted by molar-refractivity contribution is -0.274. The van der Waals surface area contributed by atoms with Gasteiger partial charge >= 0.3 is 6.36 Å². The monoisotopic (exact) mass is 290 g/mol. The lowest BCUT2D eigenvalue weighted by Gasteiger charge is -2.10. The first-order valence-electron chi connectivity index (χ1n) is 6.20. The van der Waals surface area contributed by atoms with E-state index in [0.29, 0.717) is 31.5 Å². The lowest BCUT2D eigenvalue weighted by atomic mass is 10.2. The zero-order valence-corrected chi connectivity index (χ0v) is 10.9. The molecule has 0 heterocycles. The third kappa shape index (κ3) is 7.63. The highest BCUT2D eigenvalue weighted by Gasteiger charge is 2.31. The Bertz CT molecular complexity index is 436. The van der Waals surface area contributed by atoms with Gasteiger partial charge in [-0.05, 0) is 37.1 Å². The summed E-state index contributed by atoms with van der Waals surface area (Å²) in [5, 5.41) is 3.08. The van der Waals surface area contributed by atoms with Gasteiger partial charge in [0.15, 0.2) is 0 Å². The van der Waals surface area contributed by atoms with Gasteiger partial charge in [0.05, 0.1) is 0 Å². The Morgan fingerprint density at radius 1 is 1.30 bits per heavy atom. The zero-order chi connectivity index (χ0) is 15.0. The summed E-state index contributed by atoms with van der Waals surface area (Å²) in [5.41, 5.74) is 5.70. The van der Waals surface area contributed by atoms with Crippen molar-refractivity contribution in [3.8, 4) is 5.75 Å². The number of unbranched alkanes of at least 4 members (excludes halogenated alkanes) is 1. The molecule has 1 amide bonds. The average molecular weight is 290 g/mol. The van der Waals surface area contributed by atoms with Gasteiger partial charge in [-0.1, -0.05) is 12.1 Å². The normalized spacial score (nSPS) is 11.3. The molecule has 0 aliphatic heterocycles. The van der Waals surface area contributed by atoms with Crippen molar-refractivity contribution < 1.29 is 22.7 Å². The molecular formula is C13H17F3N2O2. The molecule has 0 atom stereocenters. The van der Waals surface area contributed by atoms with Crippen molar-refractivity contribution in [3.63, 3.8) is 0 Å². The highest BCUT2D eigenvalue weighted by atomic mass is 19.4. The number of carbonyl (C=O) groups excluding carboxylic acids is 1. The maximum Gasteiger partial charge on any atom is 0.573 e. The number of halogens is 3. The smallest absolute Gasteiger partial charge is 0.406 e. The van der Waals surface area contributed by atoms with Crippen molar-refractivity contribution in [2.24, 2.45) is 5.73 Å². The predicted molar refractivity (Wildman–Crippen MR) is 67.9 cm³/mol. The summed E-state index contributed by atoms with van der Waals surface area (Å²) in [4.78, 5) is 10.5. The first-order valence-corrected chi connectivity index (χ1v) is 6.20. The van der Waals surface area contributed by atoms with E-state index in [4.69, 9.17) is 5.73 Å². The van der Waals surface area contributed by atoms with Crippen molar-refractivity contribution in [3.05, 3.63) is 29.8 Å². The van der Waals surface area contributed by atoms with Gasteiger partial charge in [0, 0.05) is 13.0 Å². The van der Waals surface area contributed by atoms with Gasteiger partial charge in [0.25, 0.3) is 0 Å². The fourth-order valence-electron chi connectivity index (χ4n) is 1.63. The number of rotatable bonds is 8. The van der Waals surface area contributed by atoms with Gasteiger partial charge in [0.1, 0.15) is 5.75 Å². The minimum absolute atomic E-state index is 0.231. The average Bonchev–Trinajstić information content (AvgIpc) is 2.31. The summed E-state index contributed by atoms with van der Waals surface area (Å²) in [7, 11) is 0. The molecule has 112 valence electrons. The Labute approximate surface area is 115 Å². The summed E-state index contributed by atoms with van der Waals surface area (Å²) in [6, 6.07) is 5.80. The largest absolute Gasteiger partial charge is 0.573 e. The summed E-state index contributed by atoms with van der Waals surface area (Å²) in [6.07, 6.45) is -2.86. The van der Waals surface area contributed by atoms with Crippen LogP contribution in [0.5, 0.6) is 5.75 Å². The maximum atomic E-state index is 12.1. The molecule has 1 rings (SSSR count). The van der Waals surface area contributed by atoms with Crippen LogP contribution < -0.4 is 15.8 Å². The Morgan fingerprint density at radius 3 is 2.70 bits per heavy atom. The van der Waals surface area contributed by atoms with Crippen LogP contribution in [0.4, 0.5) is 13.2 Å². The number of hydrogen-bond donors (Lipinski definition) is 2. The first kappa shape index (κ1) is 16.3. The first-order chi connectivity index (χ1) is 9.37. The van der Waals surface area contributed by atoms with Crippen LogP contribution in [0.15, 0.2) is 24.3 Å². The predicted octanol–water partition coefficient (Wildman–Crippen LogP) is 2.33. The fraction of sp³-hybridized carbons (Fsp3) is 0.462. The molecule has 0 radical (unpaired) electrons. The lowest BCUT2D eigenvalue weighted by Crippen LogP contribution is -2.18. The van der Waals surface area contributed by atoms with E-state index >= 15 is 0 Å². The summed E-state index contributed by atoms with van der Waals surface area (Å²) >= 11 is 0. The number of primary amides is 1. The quantitative estimate of drug-likeness (QED) is 0.722. The van der Waals surface area contributed by atoms with Crippen molar-refractivity contribution in [1.29, 1.82) is 0 Å². The van der Waals surface area contributed by atoms with Gasteiger partial charge in [-0.25, -0.2) is 0 Å². The van der Waals surface area contributed by atoms with Crippen molar-refractivity contribution in [1.82, 2.24) is 5.32 Å². The molecule has 0 aliphatic carbocycles. The zero-order valence-electron chi connectivity index (χ0n) is 10.9. The highest BCUT2D eigenvalue weighted by molar-refractivity contribution is 5.73. The minimum Gasteiger partial charge on any atom is -0.406 e. The Morgan fingerprint density at radius 2 is 2.05 bits per heavy atom. The van der Waals surface area contributed by atoms with Gasteiger partial charge in [-0.15, -0.1) is 13.2 Å². The van der Waals surface area contributed by atoms with E-state index in [1.165, 1.54) is 18.2 Å². The molecule has 3 N–H and O–H groups in total. The van der Waals surface area contributed by atoms with Crippen LogP contribution in [-0.2, 0) is 11.3 Å². The Balaban J connectivity index is 2.30. The molecular weight excluding hydrogens is 273 g/mol. The topological polar surface area (TPSA) is 64.4 Å². The van der Waals surface area contributed by atoms with Crippen LogP contribution in [0.3, 0.4) is 0 Å². The second-order valence-corrected chi connectivity index (χ2v) is 4.30. The molecule has 1 aromatic rings. The summed E-state index contributed by atoms with van der Waals surface area (Å²) in [6.45, 7) is 1.10. The number of carbonyl (C=O) groups is 1. The number of benzene rings is 1. The van der Waals surface area contributed by atoms with Gasteiger partial charge < -0.3 is 15.8 Å². The van der Waals surface area contributed by atoms with Crippen molar-refractivity contribution in [2.75, 3.05) is 6.54 Å². The van der Waals surface area contributed by atoms with Crippen LogP contribution in [-0.4, -0.2) is 18.8 Å². The van der Waals surface area contributed by atoms with E-state index in [2.05, 4.69) is 10.1 Å². The second-order valence-electron chi connectivity index (χ2n) is 4.30. The molecule has 0 spiro atoms.